The van der Waals surface area contributed by atoms with Crippen molar-refractivity contribution >= 4 is 31.6 Å². The van der Waals surface area contributed by atoms with Gasteiger partial charge in [0, 0.05) is 5.69 Å². The number of benzene rings is 2. The number of aryl methyl sites for hydroxylation is 1. The molecule has 0 spiro atoms. The zero-order chi connectivity index (χ0) is 14.6. The van der Waals surface area contributed by atoms with Crippen molar-refractivity contribution in [2.75, 3.05) is 10.5 Å². The summed E-state index contributed by atoms with van der Waals surface area (Å²) in [4.78, 5) is 0. The Morgan fingerprint density at radius 3 is 2.45 bits per heavy atom. The first kappa shape index (κ1) is 15.0. The molecule has 0 bridgehead atoms. The molecule has 0 atom stereocenters. The maximum Gasteiger partial charge on any atom is 0.233 e. The molecule has 0 fully saturated rings. The Morgan fingerprint density at radius 1 is 1.10 bits per heavy atom. The number of nitrogens with one attached hydrogen (secondary N) is 1. The fourth-order valence-corrected chi connectivity index (χ4v) is 3.16. The standard InChI is InChI=1S/C14H13BrFNO2S/c15-13-10-12(6-7-14(13)16)17-20(18,19)9-8-11-4-2-1-3-5-11/h1-7,10,17H,8-9H2. The van der Waals surface area contributed by atoms with Crippen LogP contribution in [0.3, 0.4) is 0 Å². The lowest BCUT2D eigenvalue weighted by Gasteiger charge is -2.08. The molecular weight excluding hydrogens is 345 g/mol. The number of halogens is 2. The highest BCUT2D eigenvalue weighted by Gasteiger charge is 2.11. The number of rotatable bonds is 5. The monoisotopic (exact) mass is 357 g/mol. The van der Waals surface area contributed by atoms with Crippen LogP contribution in [0.5, 0.6) is 0 Å². The number of sulfonamides is 1. The topological polar surface area (TPSA) is 46.2 Å². The minimum atomic E-state index is -3.46. The Labute approximate surface area is 126 Å². The van der Waals surface area contributed by atoms with Gasteiger partial charge in [-0.15, -0.1) is 0 Å². The van der Waals surface area contributed by atoms with Gasteiger partial charge in [0.15, 0.2) is 0 Å². The highest BCUT2D eigenvalue weighted by Crippen LogP contribution is 2.21. The van der Waals surface area contributed by atoms with E-state index in [0.717, 1.165) is 5.56 Å². The van der Waals surface area contributed by atoms with Crippen LogP contribution in [0.1, 0.15) is 5.56 Å². The van der Waals surface area contributed by atoms with Crippen molar-refractivity contribution in [3.8, 4) is 0 Å². The van der Waals surface area contributed by atoms with E-state index in [0.29, 0.717) is 12.1 Å². The third-order valence-corrected chi connectivity index (χ3v) is 4.59. The Balaban J connectivity index is 2.02. The molecule has 0 heterocycles. The fraction of sp³-hybridized carbons (Fsp3) is 0.143. The molecule has 2 rings (SSSR count). The molecule has 0 aliphatic heterocycles. The summed E-state index contributed by atoms with van der Waals surface area (Å²) in [6, 6.07) is 13.4. The normalized spacial score (nSPS) is 11.3. The second-order valence-corrected chi connectivity index (χ2v) is 6.98. The van der Waals surface area contributed by atoms with Gasteiger partial charge in [-0.05, 0) is 46.1 Å². The average molecular weight is 358 g/mol. The van der Waals surface area contributed by atoms with Crippen LogP contribution in [0.25, 0.3) is 0 Å². The van der Waals surface area contributed by atoms with Gasteiger partial charge in [0.1, 0.15) is 5.82 Å². The molecular formula is C14H13BrFNO2S. The summed E-state index contributed by atoms with van der Waals surface area (Å²) < 4.78 is 39.6. The van der Waals surface area contributed by atoms with Gasteiger partial charge < -0.3 is 0 Å². The second kappa shape index (κ2) is 6.37. The SMILES string of the molecule is O=S(=O)(CCc1ccccc1)Nc1ccc(F)c(Br)c1. The van der Waals surface area contributed by atoms with E-state index in [-0.39, 0.29) is 10.2 Å². The Hall–Kier alpha value is -1.40. The van der Waals surface area contributed by atoms with Crippen molar-refractivity contribution in [3.05, 3.63) is 64.4 Å². The average Bonchev–Trinajstić information content (AvgIpc) is 2.42. The van der Waals surface area contributed by atoms with E-state index in [4.69, 9.17) is 0 Å². The highest BCUT2D eigenvalue weighted by molar-refractivity contribution is 9.10. The van der Waals surface area contributed by atoms with Crippen LogP contribution in [-0.4, -0.2) is 14.2 Å². The summed E-state index contributed by atoms with van der Waals surface area (Å²) in [7, 11) is -3.46. The molecule has 0 saturated heterocycles. The largest absolute Gasteiger partial charge is 0.284 e. The highest BCUT2D eigenvalue weighted by atomic mass is 79.9. The smallest absolute Gasteiger partial charge is 0.233 e. The van der Waals surface area contributed by atoms with E-state index < -0.39 is 15.8 Å². The Bertz CT molecular complexity index is 690. The van der Waals surface area contributed by atoms with E-state index in [9.17, 15) is 12.8 Å². The van der Waals surface area contributed by atoms with Crippen LogP contribution in [0, 0.1) is 5.82 Å². The minimum absolute atomic E-state index is 0.0218. The second-order valence-electron chi connectivity index (χ2n) is 4.29. The van der Waals surface area contributed by atoms with Gasteiger partial charge in [0.05, 0.1) is 10.2 Å². The quantitative estimate of drug-likeness (QED) is 0.888. The first-order valence-electron chi connectivity index (χ1n) is 5.96. The van der Waals surface area contributed by atoms with E-state index >= 15 is 0 Å². The van der Waals surface area contributed by atoms with E-state index in [1.165, 1.54) is 18.2 Å². The Morgan fingerprint density at radius 2 is 1.80 bits per heavy atom. The van der Waals surface area contributed by atoms with Crippen molar-refractivity contribution in [2.24, 2.45) is 0 Å². The molecule has 0 saturated carbocycles. The molecule has 6 heteroatoms. The van der Waals surface area contributed by atoms with Gasteiger partial charge in [0.25, 0.3) is 0 Å². The maximum atomic E-state index is 13.1. The lowest BCUT2D eigenvalue weighted by molar-refractivity contribution is 0.600. The van der Waals surface area contributed by atoms with Gasteiger partial charge in [-0.1, -0.05) is 30.3 Å². The van der Waals surface area contributed by atoms with Crippen molar-refractivity contribution in [3.63, 3.8) is 0 Å². The Kier molecular flexibility index (Phi) is 4.77. The third kappa shape index (κ3) is 4.31. The van der Waals surface area contributed by atoms with Crippen molar-refractivity contribution in [1.29, 1.82) is 0 Å². The summed E-state index contributed by atoms with van der Waals surface area (Å²) in [6.07, 6.45) is 0.429. The lowest BCUT2D eigenvalue weighted by atomic mass is 10.2. The number of hydrogen-bond acceptors (Lipinski definition) is 2. The molecule has 0 radical (unpaired) electrons. The molecule has 2 aromatic rings. The molecule has 20 heavy (non-hydrogen) atoms. The molecule has 3 nitrogen and oxygen atoms in total. The van der Waals surface area contributed by atoms with Crippen LogP contribution < -0.4 is 4.72 Å². The lowest BCUT2D eigenvalue weighted by Crippen LogP contribution is -2.18. The van der Waals surface area contributed by atoms with Gasteiger partial charge >= 0.3 is 0 Å². The van der Waals surface area contributed by atoms with E-state index in [1.54, 1.807) is 0 Å². The number of hydrogen-bond donors (Lipinski definition) is 1. The van der Waals surface area contributed by atoms with Crippen molar-refractivity contribution < 1.29 is 12.8 Å². The van der Waals surface area contributed by atoms with Crippen LogP contribution in [0.4, 0.5) is 10.1 Å². The maximum absolute atomic E-state index is 13.1. The van der Waals surface area contributed by atoms with Crippen LogP contribution in [0.15, 0.2) is 53.0 Å². The number of anilines is 1. The van der Waals surface area contributed by atoms with Gasteiger partial charge in [-0.25, -0.2) is 12.8 Å². The molecule has 0 unspecified atom stereocenters. The first-order valence-corrected chi connectivity index (χ1v) is 8.40. The molecule has 1 N–H and O–H groups in total. The summed E-state index contributed by atoms with van der Waals surface area (Å²) in [5, 5.41) is 0. The van der Waals surface area contributed by atoms with Crippen molar-refractivity contribution in [1.82, 2.24) is 0 Å². The van der Waals surface area contributed by atoms with Gasteiger partial charge in [-0.2, -0.15) is 0 Å². The van der Waals surface area contributed by atoms with Crippen molar-refractivity contribution in [2.45, 2.75) is 6.42 Å². The van der Waals surface area contributed by atoms with Gasteiger partial charge in [0.2, 0.25) is 10.0 Å². The summed E-state index contributed by atoms with van der Waals surface area (Å²) in [6.45, 7) is 0. The first-order chi connectivity index (χ1) is 9.46. The van der Waals surface area contributed by atoms with Crippen LogP contribution in [0.2, 0.25) is 0 Å². The molecule has 106 valence electrons. The molecule has 0 amide bonds. The molecule has 0 aliphatic carbocycles. The third-order valence-electron chi connectivity index (χ3n) is 2.70. The molecule has 2 aromatic carbocycles. The van der Waals surface area contributed by atoms with Gasteiger partial charge in [-0.3, -0.25) is 4.72 Å². The zero-order valence-electron chi connectivity index (χ0n) is 10.5. The predicted molar refractivity (Wildman–Crippen MR) is 81.7 cm³/mol. The zero-order valence-corrected chi connectivity index (χ0v) is 12.9. The minimum Gasteiger partial charge on any atom is -0.284 e. The summed E-state index contributed by atoms with van der Waals surface area (Å²) in [5.74, 6) is -0.455. The van der Waals surface area contributed by atoms with Crippen LogP contribution in [-0.2, 0) is 16.4 Å². The summed E-state index contributed by atoms with van der Waals surface area (Å²) >= 11 is 3.02. The fourth-order valence-electron chi connectivity index (χ4n) is 1.69. The summed E-state index contributed by atoms with van der Waals surface area (Å²) in [5.41, 5.74) is 1.30. The van der Waals surface area contributed by atoms with E-state index in [2.05, 4.69) is 20.7 Å². The molecule has 0 aromatic heterocycles. The van der Waals surface area contributed by atoms with E-state index in [1.807, 2.05) is 30.3 Å². The van der Waals surface area contributed by atoms with Crippen LogP contribution >= 0.6 is 15.9 Å². The molecule has 0 aliphatic rings. The predicted octanol–water partition coefficient (Wildman–Crippen LogP) is 3.57.